The van der Waals surface area contributed by atoms with Gasteiger partial charge in [-0.1, -0.05) is 0 Å². The molecule has 0 radical (unpaired) electrons. The highest BCUT2D eigenvalue weighted by Crippen LogP contribution is 2.14. The fourth-order valence-electron chi connectivity index (χ4n) is 1.45. The highest BCUT2D eigenvalue weighted by molar-refractivity contribution is 5.92. The summed E-state index contributed by atoms with van der Waals surface area (Å²) in [5.41, 5.74) is 2.50. The number of aromatic nitrogens is 2. The van der Waals surface area contributed by atoms with Gasteiger partial charge in [-0.15, -0.1) is 0 Å². The Morgan fingerprint density at radius 3 is 3.06 bits per heavy atom. The van der Waals surface area contributed by atoms with Crippen LogP contribution in [0.2, 0.25) is 0 Å². The second kappa shape index (κ2) is 4.67. The van der Waals surface area contributed by atoms with Gasteiger partial charge < -0.3 is 19.1 Å². The fraction of sp³-hybridized carbons (Fsp3) is 0.111. The van der Waals surface area contributed by atoms with Crippen LogP contribution in [0.3, 0.4) is 0 Å². The van der Waals surface area contributed by atoms with Crippen LogP contribution in [-0.4, -0.2) is 20.4 Å². The number of carbonyl (C=O) groups is 1. The number of nitrogens with one attached hydrogen (secondary N) is 1. The van der Waals surface area contributed by atoms with Gasteiger partial charge in [-0.2, -0.15) is 0 Å². The zero-order chi connectivity index (χ0) is 13.1. The maximum atomic E-state index is 11.3. The molecule has 0 unspecified atom stereocenters. The molecule has 2 aromatic rings. The van der Waals surface area contributed by atoms with E-state index in [-0.39, 0.29) is 18.1 Å². The lowest BCUT2D eigenvalue weighted by Crippen LogP contribution is -2.30. The molecule has 0 bridgehead atoms. The Bertz CT molecular complexity index is 587. The Balaban J connectivity index is 2.20. The van der Waals surface area contributed by atoms with Crippen LogP contribution in [0.15, 0.2) is 29.3 Å². The van der Waals surface area contributed by atoms with Crippen LogP contribution in [-0.2, 0) is 6.54 Å². The van der Waals surface area contributed by atoms with Gasteiger partial charge in [0.1, 0.15) is 6.20 Å². The number of carbonyl (C=O) groups excluding carboxylic acids is 1. The second-order valence-corrected chi connectivity index (χ2v) is 3.41. The van der Waals surface area contributed by atoms with E-state index >= 15 is 0 Å². The lowest BCUT2D eigenvalue weighted by molar-refractivity contribution is -0.389. The Labute approximate surface area is 100 Å². The molecule has 18 heavy (non-hydrogen) atoms. The van der Waals surface area contributed by atoms with E-state index in [4.69, 9.17) is 10.3 Å². The molecule has 9 nitrogen and oxygen atoms in total. The molecule has 2 aromatic heterocycles. The summed E-state index contributed by atoms with van der Waals surface area (Å²) in [6.07, 6.45) is 3.90. The average molecular weight is 251 g/mol. The van der Waals surface area contributed by atoms with Crippen molar-refractivity contribution in [2.75, 3.05) is 0 Å². The standard InChI is InChI=1S/C9H9N5O4/c10-12-9(15)8-6(1-2-18-8)3-13-4-7(11-5-13)14(16)17/h1-2,4-5H,3,10H2,(H,12,15). The number of furan rings is 1. The van der Waals surface area contributed by atoms with E-state index in [9.17, 15) is 14.9 Å². The zero-order valence-electron chi connectivity index (χ0n) is 9.07. The molecule has 0 aromatic carbocycles. The third kappa shape index (κ3) is 2.20. The second-order valence-electron chi connectivity index (χ2n) is 3.41. The largest absolute Gasteiger partial charge is 0.459 e. The third-order valence-electron chi connectivity index (χ3n) is 2.24. The van der Waals surface area contributed by atoms with E-state index < -0.39 is 10.8 Å². The molecule has 94 valence electrons. The van der Waals surface area contributed by atoms with Gasteiger partial charge in [0, 0.05) is 5.56 Å². The smallest absolute Gasteiger partial charge is 0.381 e. The number of hydrazine groups is 1. The number of amides is 1. The van der Waals surface area contributed by atoms with Crippen molar-refractivity contribution in [3.63, 3.8) is 0 Å². The van der Waals surface area contributed by atoms with Gasteiger partial charge in [0.15, 0.2) is 5.76 Å². The minimum Gasteiger partial charge on any atom is -0.459 e. The van der Waals surface area contributed by atoms with Crippen molar-refractivity contribution in [1.29, 1.82) is 0 Å². The van der Waals surface area contributed by atoms with Crippen LogP contribution >= 0.6 is 0 Å². The summed E-state index contributed by atoms with van der Waals surface area (Å²) in [7, 11) is 0. The van der Waals surface area contributed by atoms with Crippen molar-refractivity contribution in [1.82, 2.24) is 15.0 Å². The predicted octanol–water partition coefficient (Wildman–Crippen LogP) is 0.0361. The molecule has 2 rings (SSSR count). The van der Waals surface area contributed by atoms with E-state index in [1.165, 1.54) is 23.4 Å². The lowest BCUT2D eigenvalue weighted by Gasteiger charge is -2.00. The highest BCUT2D eigenvalue weighted by Gasteiger charge is 2.16. The van der Waals surface area contributed by atoms with Gasteiger partial charge in [-0.3, -0.25) is 10.2 Å². The van der Waals surface area contributed by atoms with Crippen molar-refractivity contribution in [2.45, 2.75) is 6.54 Å². The van der Waals surface area contributed by atoms with Gasteiger partial charge in [0.05, 0.1) is 12.8 Å². The van der Waals surface area contributed by atoms with Crippen molar-refractivity contribution >= 4 is 11.7 Å². The van der Waals surface area contributed by atoms with Crippen LogP contribution in [0.1, 0.15) is 16.1 Å². The Kier molecular flexibility index (Phi) is 3.06. The number of hydrogen-bond donors (Lipinski definition) is 2. The van der Waals surface area contributed by atoms with Crippen molar-refractivity contribution in [3.05, 3.63) is 46.3 Å². The normalized spacial score (nSPS) is 10.3. The number of imidazole rings is 1. The summed E-state index contributed by atoms with van der Waals surface area (Å²) in [6.45, 7) is 0.222. The zero-order valence-corrected chi connectivity index (χ0v) is 9.07. The minimum atomic E-state index is -0.598. The van der Waals surface area contributed by atoms with Crippen LogP contribution < -0.4 is 11.3 Å². The average Bonchev–Trinajstić information content (AvgIpc) is 2.97. The van der Waals surface area contributed by atoms with Crippen LogP contribution in [0.4, 0.5) is 5.82 Å². The Hall–Kier alpha value is -2.68. The number of nitrogens with zero attached hydrogens (tertiary/aromatic N) is 3. The van der Waals surface area contributed by atoms with Crippen molar-refractivity contribution in [2.24, 2.45) is 5.84 Å². The van der Waals surface area contributed by atoms with Gasteiger partial charge in [0.2, 0.25) is 6.33 Å². The molecule has 2 heterocycles. The monoisotopic (exact) mass is 251 g/mol. The van der Waals surface area contributed by atoms with E-state index in [0.717, 1.165) is 0 Å². The summed E-state index contributed by atoms with van der Waals surface area (Å²) in [5, 5.41) is 10.5. The lowest BCUT2D eigenvalue weighted by atomic mass is 10.2. The maximum absolute atomic E-state index is 11.3. The predicted molar refractivity (Wildman–Crippen MR) is 58.3 cm³/mol. The summed E-state index contributed by atoms with van der Waals surface area (Å²) < 4.78 is 6.45. The van der Waals surface area contributed by atoms with Crippen LogP contribution in [0, 0.1) is 10.1 Å². The molecular formula is C9H9N5O4. The maximum Gasteiger partial charge on any atom is 0.381 e. The number of nitro groups is 1. The SMILES string of the molecule is NNC(=O)c1occc1Cn1cnc([N+](=O)[O-])c1. The summed E-state index contributed by atoms with van der Waals surface area (Å²) in [6, 6.07) is 1.58. The third-order valence-corrected chi connectivity index (χ3v) is 2.24. The van der Waals surface area contributed by atoms with E-state index in [1.54, 1.807) is 6.07 Å². The molecule has 0 aliphatic heterocycles. The first-order chi connectivity index (χ1) is 8.61. The Morgan fingerprint density at radius 2 is 2.44 bits per heavy atom. The molecule has 0 saturated heterocycles. The molecule has 0 aliphatic rings. The minimum absolute atomic E-state index is 0.0638. The van der Waals surface area contributed by atoms with Crippen LogP contribution in [0.25, 0.3) is 0 Å². The summed E-state index contributed by atoms with van der Waals surface area (Å²) in [4.78, 5) is 24.8. The number of nitrogen functional groups attached to an aromatic ring is 1. The first-order valence-electron chi connectivity index (χ1n) is 4.85. The number of rotatable bonds is 4. The van der Waals surface area contributed by atoms with Crippen molar-refractivity contribution < 1.29 is 14.1 Å². The quantitative estimate of drug-likeness (QED) is 0.341. The first-order valence-corrected chi connectivity index (χ1v) is 4.85. The summed E-state index contributed by atoms with van der Waals surface area (Å²) >= 11 is 0. The highest BCUT2D eigenvalue weighted by atomic mass is 16.6. The topological polar surface area (TPSA) is 129 Å². The number of nitrogens with two attached hydrogens (primary N) is 1. The molecular weight excluding hydrogens is 242 g/mol. The molecule has 0 saturated carbocycles. The molecule has 0 spiro atoms. The fourth-order valence-corrected chi connectivity index (χ4v) is 1.45. The van der Waals surface area contributed by atoms with Gasteiger partial charge in [0.25, 0.3) is 0 Å². The van der Waals surface area contributed by atoms with Gasteiger partial charge >= 0.3 is 11.7 Å². The van der Waals surface area contributed by atoms with Crippen LogP contribution in [0.5, 0.6) is 0 Å². The van der Waals surface area contributed by atoms with Crippen molar-refractivity contribution in [3.8, 4) is 0 Å². The summed E-state index contributed by atoms with van der Waals surface area (Å²) in [5.74, 6) is 4.24. The molecule has 1 amide bonds. The van der Waals surface area contributed by atoms with Gasteiger partial charge in [-0.25, -0.2) is 5.84 Å². The molecule has 0 fully saturated rings. The van der Waals surface area contributed by atoms with E-state index in [1.807, 2.05) is 5.43 Å². The first kappa shape index (κ1) is 11.8. The molecule has 0 aliphatic carbocycles. The van der Waals surface area contributed by atoms with Gasteiger partial charge in [-0.05, 0) is 16.0 Å². The Morgan fingerprint density at radius 1 is 1.67 bits per heavy atom. The van der Waals surface area contributed by atoms with E-state index in [0.29, 0.717) is 5.56 Å². The van der Waals surface area contributed by atoms with E-state index in [2.05, 4.69) is 4.98 Å². The number of hydrogen-bond acceptors (Lipinski definition) is 6. The molecule has 9 heteroatoms. The molecule has 0 atom stereocenters. The molecule has 3 N–H and O–H groups in total.